The van der Waals surface area contributed by atoms with Gasteiger partial charge in [0.15, 0.2) is 6.29 Å². The van der Waals surface area contributed by atoms with Gasteiger partial charge in [0.25, 0.3) is 5.91 Å². The lowest BCUT2D eigenvalue weighted by atomic mass is 10.1. The first-order chi connectivity index (χ1) is 17.5. The molecule has 1 amide bonds. The molecule has 0 spiro atoms. The maximum absolute atomic E-state index is 11.9. The zero-order chi connectivity index (χ0) is 25.1. The zero-order valence-electron chi connectivity index (χ0n) is 19.8. The van der Waals surface area contributed by atoms with E-state index in [0.29, 0.717) is 34.8 Å². The van der Waals surface area contributed by atoms with Crippen LogP contribution >= 0.6 is 11.3 Å². The monoisotopic (exact) mass is 509 g/mol. The summed E-state index contributed by atoms with van der Waals surface area (Å²) < 4.78 is 19.1. The normalized spacial score (nSPS) is 15.9. The molecule has 0 aromatic carbocycles. The fourth-order valence-corrected chi connectivity index (χ4v) is 4.92. The molecule has 0 saturated carbocycles. The lowest BCUT2D eigenvalue weighted by molar-refractivity contribution is -0.163. The van der Waals surface area contributed by atoms with E-state index in [9.17, 15) is 4.79 Å². The molecule has 4 N–H and O–H groups in total. The molecule has 1 unspecified atom stereocenters. The first-order valence-corrected chi connectivity index (χ1v) is 12.5. The number of pyridine rings is 1. The summed E-state index contributed by atoms with van der Waals surface area (Å²) in [6.07, 6.45) is 6.65. The Morgan fingerprint density at radius 1 is 1.28 bits per heavy atom. The van der Waals surface area contributed by atoms with Crippen LogP contribution in [-0.2, 0) is 22.6 Å². The van der Waals surface area contributed by atoms with Gasteiger partial charge in [0, 0.05) is 24.1 Å². The van der Waals surface area contributed by atoms with Crippen molar-refractivity contribution in [2.24, 2.45) is 5.73 Å². The highest BCUT2D eigenvalue weighted by Gasteiger charge is 2.22. The maximum atomic E-state index is 11.9. The molecule has 36 heavy (non-hydrogen) atoms. The molecular formula is C24H27N7O4S. The molecule has 12 heteroatoms. The number of primary amides is 1. The molecule has 1 aliphatic rings. The number of rotatable bonds is 9. The molecule has 0 aliphatic carbocycles. The molecule has 5 heterocycles. The van der Waals surface area contributed by atoms with Crippen LogP contribution in [0.3, 0.4) is 0 Å². The van der Waals surface area contributed by atoms with Crippen molar-refractivity contribution in [3.8, 4) is 17.4 Å². The van der Waals surface area contributed by atoms with Crippen molar-refractivity contribution < 1.29 is 19.0 Å². The SMILES string of the molecule is Cc1cccc(-c2nc(OCc3cnn(CCOC4CCCCO4)c3)nc3sc(C(N)=O)c(N)c23)n1. The Morgan fingerprint density at radius 3 is 2.94 bits per heavy atom. The van der Waals surface area contributed by atoms with Crippen molar-refractivity contribution >= 4 is 33.1 Å². The van der Waals surface area contributed by atoms with E-state index in [1.807, 2.05) is 31.3 Å². The van der Waals surface area contributed by atoms with E-state index in [0.717, 1.165) is 48.5 Å². The van der Waals surface area contributed by atoms with Gasteiger partial charge in [-0.15, -0.1) is 11.3 Å². The number of hydrogen-bond acceptors (Lipinski definition) is 10. The molecule has 0 radical (unpaired) electrons. The highest BCUT2D eigenvalue weighted by atomic mass is 32.1. The number of aryl methyl sites for hydroxylation is 1. The number of aromatic nitrogens is 5. The van der Waals surface area contributed by atoms with E-state index in [2.05, 4.69) is 20.1 Å². The van der Waals surface area contributed by atoms with Gasteiger partial charge in [-0.1, -0.05) is 6.07 Å². The predicted octanol–water partition coefficient (Wildman–Crippen LogP) is 3.06. The molecule has 11 nitrogen and oxygen atoms in total. The summed E-state index contributed by atoms with van der Waals surface area (Å²) in [4.78, 5) is 26.3. The minimum Gasteiger partial charge on any atom is -0.458 e. The molecule has 0 bridgehead atoms. The van der Waals surface area contributed by atoms with Gasteiger partial charge >= 0.3 is 6.01 Å². The molecule has 1 fully saturated rings. The fraction of sp³-hybridized carbons (Fsp3) is 0.375. The number of nitrogens with two attached hydrogens (primary N) is 2. The van der Waals surface area contributed by atoms with Crippen molar-refractivity contribution in [3.63, 3.8) is 0 Å². The number of nitrogen functional groups attached to an aromatic ring is 1. The van der Waals surface area contributed by atoms with Crippen LogP contribution in [0.1, 0.15) is 40.2 Å². The number of carbonyl (C=O) groups is 1. The molecule has 4 aromatic heterocycles. The third-order valence-electron chi connectivity index (χ3n) is 5.74. The van der Waals surface area contributed by atoms with Crippen LogP contribution in [-0.4, -0.2) is 50.1 Å². The Hall–Kier alpha value is -3.61. The van der Waals surface area contributed by atoms with Gasteiger partial charge < -0.3 is 25.7 Å². The first kappa shape index (κ1) is 24.1. The maximum Gasteiger partial charge on any atom is 0.318 e. The first-order valence-electron chi connectivity index (χ1n) is 11.7. The molecule has 1 saturated heterocycles. The highest BCUT2D eigenvalue weighted by Crippen LogP contribution is 2.38. The summed E-state index contributed by atoms with van der Waals surface area (Å²) in [5.41, 5.74) is 14.8. The van der Waals surface area contributed by atoms with Gasteiger partial charge in [0.1, 0.15) is 22.0 Å². The van der Waals surface area contributed by atoms with Gasteiger partial charge in [0.05, 0.1) is 36.1 Å². The number of nitrogens with zero attached hydrogens (tertiary/aromatic N) is 5. The third-order valence-corrected chi connectivity index (χ3v) is 6.85. The minimum absolute atomic E-state index is 0.123. The van der Waals surface area contributed by atoms with E-state index < -0.39 is 5.91 Å². The number of carbonyl (C=O) groups excluding carboxylic acids is 1. The summed E-state index contributed by atoms with van der Waals surface area (Å²) >= 11 is 1.11. The standard InChI is InChI=1S/C24H27N7O4S/c1-14-5-4-6-16(28-14)20-18-19(25)21(22(26)32)36-23(18)30-24(29-20)35-13-15-11-27-31(12-15)8-10-34-17-7-2-3-9-33-17/h4-6,11-12,17H,2-3,7-10,13,25H2,1H3,(H2,26,32). The van der Waals surface area contributed by atoms with Crippen LogP contribution in [0.2, 0.25) is 0 Å². The number of amides is 1. The predicted molar refractivity (Wildman–Crippen MR) is 134 cm³/mol. The lowest BCUT2D eigenvalue weighted by Crippen LogP contribution is -2.24. The van der Waals surface area contributed by atoms with E-state index in [1.165, 1.54) is 0 Å². The second-order valence-electron chi connectivity index (χ2n) is 8.48. The average Bonchev–Trinajstić information content (AvgIpc) is 3.47. The van der Waals surface area contributed by atoms with Crippen LogP contribution in [0, 0.1) is 6.92 Å². The quantitative estimate of drug-likeness (QED) is 0.346. The Morgan fingerprint density at radius 2 is 2.17 bits per heavy atom. The highest BCUT2D eigenvalue weighted by molar-refractivity contribution is 7.21. The van der Waals surface area contributed by atoms with Gasteiger partial charge in [0.2, 0.25) is 0 Å². The summed E-state index contributed by atoms with van der Waals surface area (Å²) in [7, 11) is 0. The number of ether oxygens (including phenoxy) is 3. The van der Waals surface area contributed by atoms with Crippen LogP contribution < -0.4 is 16.2 Å². The summed E-state index contributed by atoms with van der Waals surface area (Å²) in [6.45, 7) is 3.97. The van der Waals surface area contributed by atoms with E-state index in [1.54, 1.807) is 10.9 Å². The van der Waals surface area contributed by atoms with Gasteiger partial charge in [-0.2, -0.15) is 15.1 Å². The van der Waals surface area contributed by atoms with Crippen LogP contribution in [0.4, 0.5) is 5.69 Å². The van der Waals surface area contributed by atoms with E-state index >= 15 is 0 Å². The lowest BCUT2D eigenvalue weighted by Gasteiger charge is -2.22. The van der Waals surface area contributed by atoms with Crippen LogP contribution in [0.25, 0.3) is 21.6 Å². The summed E-state index contributed by atoms with van der Waals surface area (Å²) in [6, 6.07) is 5.73. The van der Waals surface area contributed by atoms with Crippen LogP contribution in [0.5, 0.6) is 6.01 Å². The van der Waals surface area contributed by atoms with Crippen molar-refractivity contribution in [2.45, 2.75) is 45.6 Å². The van der Waals surface area contributed by atoms with Crippen molar-refractivity contribution in [1.29, 1.82) is 0 Å². The van der Waals surface area contributed by atoms with Crippen LogP contribution in [0.15, 0.2) is 30.6 Å². The second kappa shape index (κ2) is 10.6. The largest absolute Gasteiger partial charge is 0.458 e. The van der Waals surface area contributed by atoms with Gasteiger partial charge in [-0.25, -0.2) is 0 Å². The molecule has 1 aliphatic heterocycles. The summed E-state index contributed by atoms with van der Waals surface area (Å²) in [5, 5.41) is 4.91. The smallest absolute Gasteiger partial charge is 0.318 e. The zero-order valence-corrected chi connectivity index (χ0v) is 20.7. The van der Waals surface area contributed by atoms with Crippen molar-refractivity contribution in [1.82, 2.24) is 24.7 Å². The number of hydrogen-bond donors (Lipinski definition) is 2. The minimum atomic E-state index is -0.618. The van der Waals surface area contributed by atoms with E-state index in [4.69, 9.17) is 25.7 Å². The molecule has 5 rings (SSSR count). The van der Waals surface area contributed by atoms with Gasteiger partial charge in [-0.05, 0) is 38.3 Å². The molecular weight excluding hydrogens is 482 g/mol. The summed E-state index contributed by atoms with van der Waals surface area (Å²) in [5.74, 6) is -0.618. The average molecular weight is 510 g/mol. The van der Waals surface area contributed by atoms with Crippen molar-refractivity contribution in [3.05, 3.63) is 46.7 Å². The van der Waals surface area contributed by atoms with E-state index in [-0.39, 0.29) is 29.5 Å². The number of thiophene rings is 1. The topological polar surface area (TPSA) is 153 Å². The Balaban J connectivity index is 1.32. The third kappa shape index (κ3) is 5.30. The Labute approximate surface area is 211 Å². The molecule has 188 valence electrons. The fourth-order valence-electron chi connectivity index (χ4n) is 3.98. The molecule has 4 aromatic rings. The Bertz CT molecular complexity index is 1380. The number of fused-ring (bicyclic) bond motifs is 1. The number of anilines is 1. The molecule has 1 atom stereocenters. The Kier molecular flexibility index (Phi) is 7.07. The second-order valence-corrected chi connectivity index (χ2v) is 9.47. The van der Waals surface area contributed by atoms with Crippen molar-refractivity contribution in [2.75, 3.05) is 18.9 Å². The van der Waals surface area contributed by atoms with Gasteiger partial charge in [-0.3, -0.25) is 14.5 Å².